The van der Waals surface area contributed by atoms with Crippen molar-refractivity contribution < 1.29 is 27.8 Å². The second-order valence-corrected chi connectivity index (χ2v) is 6.23. The van der Waals surface area contributed by atoms with Crippen LogP contribution in [0.4, 0.5) is 14.5 Å². The molecule has 0 saturated heterocycles. The van der Waals surface area contributed by atoms with Crippen LogP contribution in [-0.4, -0.2) is 24.6 Å². The molecule has 0 bridgehead atoms. The van der Waals surface area contributed by atoms with Crippen molar-refractivity contribution in [1.29, 1.82) is 0 Å². The van der Waals surface area contributed by atoms with Crippen molar-refractivity contribution in [3.63, 3.8) is 0 Å². The van der Waals surface area contributed by atoms with Crippen LogP contribution < -0.4 is 10.1 Å². The van der Waals surface area contributed by atoms with Crippen molar-refractivity contribution in [2.24, 2.45) is 0 Å². The molecule has 2 rings (SSSR count). The first kappa shape index (κ1) is 20.4. The normalized spacial score (nSPS) is 11.8. The number of amides is 1. The number of carbonyl (C=O) groups is 2. The van der Waals surface area contributed by atoms with Gasteiger partial charge in [0.1, 0.15) is 5.75 Å². The van der Waals surface area contributed by atoms with Gasteiger partial charge in [-0.05, 0) is 36.6 Å². The van der Waals surface area contributed by atoms with Crippen LogP contribution in [0.25, 0.3) is 0 Å². The molecule has 0 aliphatic heterocycles. The lowest BCUT2D eigenvalue weighted by molar-refractivity contribution is -0.155. The minimum absolute atomic E-state index is 0.0592. The molecule has 0 aliphatic rings. The number of hydrogen-bond acceptors (Lipinski definition) is 4. The fraction of sp³-hybridized carbons (Fsp3) is 0.300. The van der Waals surface area contributed by atoms with Gasteiger partial charge in [-0.15, -0.1) is 0 Å². The van der Waals surface area contributed by atoms with Gasteiger partial charge in [0.2, 0.25) is 0 Å². The highest BCUT2D eigenvalue weighted by Gasteiger charge is 2.19. The van der Waals surface area contributed by atoms with Gasteiger partial charge in [0.05, 0.1) is 0 Å². The molecule has 0 aliphatic carbocycles. The second kappa shape index (κ2) is 9.12. The van der Waals surface area contributed by atoms with Gasteiger partial charge in [-0.25, -0.2) is 13.6 Å². The summed E-state index contributed by atoms with van der Waals surface area (Å²) in [4.78, 5) is 23.9. The maximum Gasteiger partial charge on any atom is 0.344 e. The molecule has 7 heteroatoms. The number of hydrogen-bond donors (Lipinski definition) is 1. The van der Waals surface area contributed by atoms with Gasteiger partial charge in [0.15, 0.2) is 24.3 Å². The molecule has 1 N–H and O–H groups in total. The molecule has 0 aromatic heterocycles. The Kier molecular flexibility index (Phi) is 6.87. The van der Waals surface area contributed by atoms with Crippen LogP contribution in [0.1, 0.15) is 32.3 Å². The van der Waals surface area contributed by atoms with E-state index in [4.69, 9.17) is 9.47 Å². The van der Waals surface area contributed by atoms with Crippen molar-refractivity contribution in [2.45, 2.75) is 32.8 Å². The molecule has 2 aromatic rings. The monoisotopic (exact) mass is 377 g/mol. The number of ether oxygens (including phenoxy) is 2. The second-order valence-electron chi connectivity index (χ2n) is 6.23. The van der Waals surface area contributed by atoms with E-state index in [0.29, 0.717) is 5.75 Å². The number of nitrogens with one attached hydrogen (secondary N) is 1. The third-order valence-electron chi connectivity index (χ3n) is 3.75. The summed E-state index contributed by atoms with van der Waals surface area (Å²) in [7, 11) is 0. The largest absolute Gasteiger partial charge is 0.482 e. The van der Waals surface area contributed by atoms with Crippen LogP contribution in [0.2, 0.25) is 0 Å². The lowest BCUT2D eigenvalue weighted by Gasteiger charge is -2.16. The Bertz CT molecular complexity index is 823. The van der Waals surface area contributed by atoms with Crippen molar-refractivity contribution in [2.75, 3.05) is 11.9 Å². The molecule has 0 spiro atoms. The Morgan fingerprint density at radius 3 is 2.41 bits per heavy atom. The summed E-state index contributed by atoms with van der Waals surface area (Å²) in [6, 6.07) is 10.3. The van der Waals surface area contributed by atoms with E-state index in [-0.39, 0.29) is 18.2 Å². The summed E-state index contributed by atoms with van der Waals surface area (Å²) < 4.78 is 36.6. The Hall–Kier alpha value is -2.96. The third kappa shape index (κ3) is 5.77. The number of anilines is 1. The van der Waals surface area contributed by atoms with Gasteiger partial charge >= 0.3 is 5.97 Å². The summed E-state index contributed by atoms with van der Waals surface area (Å²) in [5.41, 5.74) is 1.01. The molecule has 27 heavy (non-hydrogen) atoms. The average molecular weight is 377 g/mol. The SMILES string of the molecule is CC(C)c1ccccc1OCC(=O)O[C@@H](C)C(=O)Nc1ccc(F)c(F)c1. The molecule has 2 aromatic carbocycles. The molecule has 0 radical (unpaired) electrons. The Morgan fingerprint density at radius 1 is 1.04 bits per heavy atom. The highest BCUT2D eigenvalue weighted by molar-refractivity contribution is 5.95. The molecule has 5 nitrogen and oxygen atoms in total. The zero-order valence-corrected chi connectivity index (χ0v) is 15.3. The standard InChI is InChI=1S/C20H21F2NO4/c1-12(2)15-6-4-5-7-18(15)26-11-19(24)27-13(3)20(25)23-14-8-9-16(21)17(22)10-14/h4-10,12-13H,11H2,1-3H3,(H,23,25)/t13-/m0/s1. The molecule has 0 unspecified atom stereocenters. The fourth-order valence-electron chi connectivity index (χ4n) is 2.33. The number of rotatable bonds is 7. The molecular weight excluding hydrogens is 356 g/mol. The molecular formula is C20H21F2NO4. The van der Waals surface area contributed by atoms with Crippen molar-refractivity contribution >= 4 is 17.6 Å². The van der Waals surface area contributed by atoms with Gasteiger partial charge < -0.3 is 14.8 Å². The smallest absolute Gasteiger partial charge is 0.344 e. The van der Waals surface area contributed by atoms with Gasteiger partial charge in [0, 0.05) is 11.8 Å². The van der Waals surface area contributed by atoms with Crippen LogP contribution in [0.5, 0.6) is 5.75 Å². The van der Waals surface area contributed by atoms with E-state index in [0.717, 1.165) is 17.7 Å². The lowest BCUT2D eigenvalue weighted by Crippen LogP contribution is -2.31. The predicted octanol–water partition coefficient (Wildman–Crippen LogP) is 4.04. The predicted molar refractivity (Wildman–Crippen MR) is 96.6 cm³/mol. The maximum absolute atomic E-state index is 13.2. The number of halogens is 2. The minimum atomic E-state index is -1.13. The van der Waals surface area contributed by atoms with Gasteiger partial charge in [-0.1, -0.05) is 32.0 Å². The zero-order chi connectivity index (χ0) is 20.0. The van der Waals surface area contributed by atoms with E-state index in [1.54, 1.807) is 12.1 Å². The third-order valence-corrected chi connectivity index (χ3v) is 3.75. The first-order valence-corrected chi connectivity index (χ1v) is 8.45. The first-order chi connectivity index (χ1) is 12.8. The number of para-hydroxylation sites is 1. The van der Waals surface area contributed by atoms with Gasteiger partial charge in [0.25, 0.3) is 5.91 Å². The molecule has 1 amide bonds. The summed E-state index contributed by atoms with van der Waals surface area (Å²) >= 11 is 0. The molecule has 0 saturated carbocycles. The van der Waals surface area contributed by atoms with E-state index in [2.05, 4.69) is 5.32 Å². The van der Waals surface area contributed by atoms with Gasteiger partial charge in [-0.2, -0.15) is 0 Å². The van der Waals surface area contributed by atoms with Crippen LogP contribution in [0, 0.1) is 11.6 Å². The topological polar surface area (TPSA) is 64.6 Å². The average Bonchev–Trinajstić information content (AvgIpc) is 2.63. The highest BCUT2D eigenvalue weighted by Crippen LogP contribution is 2.25. The van der Waals surface area contributed by atoms with Crippen LogP contribution in [0.3, 0.4) is 0 Å². The Labute approximate surface area is 156 Å². The quantitative estimate of drug-likeness (QED) is 0.740. The van der Waals surface area contributed by atoms with Crippen LogP contribution in [0.15, 0.2) is 42.5 Å². The van der Waals surface area contributed by atoms with Crippen molar-refractivity contribution in [1.82, 2.24) is 0 Å². The molecule has 1 atom stereocenters. The number of carbonyl (C=O) groups excluding carboxylic acids is 2. The molecule has 0 fully saturated rings. The van der Waals surface area contributed by atoms with Crippen molar-refractivity contribution in [3.05, 3.63) is 59.7 Å². The highest BCUT2D eigenvalue weighted by atomic mass is 19.2. The number of benzene rings is 2. The molecule has 144 valence electrons. The Balaban J connectivity index is 1.87. The zero-order valence-electron chi connectivity index (χ0n) is 15.3. The fourth-order valence-corrected chi connectivity index (χ4v) is 2.33. The van der Waals surface area contributed by atoms with E-state index in [1.165, 1.54) is 13.0 Å². The first-order valence-electron chi connectivity index (χ1n) is 8.45. The van der Waals surface area contributed by atoms with E-state index >= 15 is 0 Å². The molecule has 0 heterocycles. The van der Waals surface area contributed by atoms with Crippen LogP contribution >= 0.6 is 0 Å². The minimum Gasteiger partial charge on any atom is -0.482 e. The maximum atomic E-state index is 13.2. The van der Waals surface area contributed by atoms with Crippen molar-refractivity contribution in [3.8, 4) is 5.75 Å². The number of esters is 1. The summed E-state index contributed by atoms with van der Waals surface area (Å²) in [5.74, 6) is -2.71. The summed E-state index contributed by atoms with van der Waals surface area (Å²) in [6.45, 7) is 5.03. The van der Waals surface area contributed by atoms with E-state index in [9.17, 15) is 18.4 Å². The van der Waals surface area contributed by atoms with Crippen LogP contribution in [-0.2, 0) is 14.3 Å². The summed E-state index contributed by atoms with van der Waals surface area (Å²) in [5, 5.41) is 2.35. The lowest BCUT2D eigenvalue weighted by atomic mass is 10.0. The summed E-state index contributed by atoms with van der Waals surface area (Å²) in [6.07, 6.45) is -1.13. The Morgan fingerprint density at radius 2 is 1.74 bits per heavy atom. The van der Waals surface area contributed by atoms with Gasteiger partial charge in [-0.3, -0.25) is 4.79 Å². The van der Waals surface area contributed by atoms with E-state index < -0.39 is 29.6 Å². The van der Waals surface area contributed by atoms with E-state index in [1.807, 2.05) is 26.0 Å².